The van der Waals surface area contributed by atoms with E-state index in [4.69, 9.17) is 4.74 Å². The van der Waals surface area contributed by atoms with E-state index in [0.717, 1.165) is 33.3 Å². The quantitative estimate of drug-likeness (QED) is 0.410. The van der Waals surface area contributed by atoms with Crippen LogP contribution in [0.15, 0.2) is 84.9 Å². The Morgan fingerprint density at radius 3 is 2.44 bits per heavy atom. The predicted octanol–water partition coefficient (Wildman–Crippen LogP) is 6.40. The van der Waals surface area contributed by atoms with Gasteiger partial charge in [0, 0.05) is 24.0 Å². The predicted molar refractivity (Wildman–Crippen MR) is 124 cm³/mol. The van der Waals surface area contributed by atoms with Gasteiger partial charge in [-0.05, 0) is 29.2 Å². The van der Waals surface area contributed by atoms with E-state index >= 15 is 0 Å². The van der Waals surface area contributed by atoms with Crippen LogP contribution in [0.5, 0.6) is 0 Å². The molecule has 1 amide bonds. The average Bonchev–Trinajstić information content (AvgIpc) is 3.25. The lowest BCUT2D eigenvalue weighted by Gasteiger charge is -2.26. The summed E-state index contributed by atoms with van der Waals surface area (Å²) in [5, 5.41) is 0.857. The summed E-state index contributed by atoms with van der Waals surface area (Å²) < 4.78 is 20.0. The van der Waals surface area contributed by atoms with E-state index in [1.807, 2.05) is 72.8 Å². The van der Waals surface area contributed by atoms with Crippen molar-refractivity contribution in [3.63, 3.8) is 0 Å². The number of aromatic nitrogens is 1. The van der Waals surface area contributed by atoms with Crippen molar-refractivity contribution in [2.75, 3.05) is 13.1 Å². The fraction of sp³-hybridized carbons (Fsp3) is 0.148. The number of aromatic amines is 1. The zero-order valence-corrected chi connectivity index (χ0v) is 17.6. The van der Waals surface area contributed by atoms with Crippen molar-refractivity contribution in [1.29, 1.82) is 0 Å². The molecule has 4 nitrogen and oxygen atoms in total. The second-order valence-electron chi connectivity index (χ2n) is 7.87. The molecule has 1 aliphatic rings. The number of amides is 1. The fourth-order valence-electron chi connectivity index (χ4n) is 4.21. The lowest BCUT2D eigenvalue weighted by molar-refractivity contribution is 0.0998. The Bertz CT molecular complexity index is 1280. The molecule has 2 heterocycles. The summed E-state index contributed by atoms with van der Waals surface area (Å²) in [6, 6.07) is 24.7. The molecule has 0 atom stereocenters. The second kappa shape index (κ2) is 8.71. The van der Waals surface area contributed by atoms with Gasteiger partial charge in [0.15, 0.2) is 0 Å². The van der Waals surface area contributed by atoms with Crippen LogP contribution in [0, 0.1) is 5.82 Å². The van der Waals surface area contributed by atoms with Gasteiger partial charge in [-0.2, -0.15) is 0 Å². The third-order valence-corrected chi connectivity index (χ3v) is 5.84. The number of nitrogens with zero attached hydrogens (tertiary/aromatic N) is 1. The molecule has 0 unspecified atom stereocenters. The minimum Gasteiger partial charge on any atom is -0.445 e. The summed E-state index contributed by atoms with van der Waals surface area (Å²) in [4.78, 5) is 17.5. The number of rotatable bonds is 4. The van der Waals surface area contributed by atoms with Crippen LogP contribution < -0.4 is 0 Å². The molecule has 0 radical (unpaired) electrons. The number of ether oxygens (including phenoxy) is 1. The van der Waals surface area contributed by atoms with Crippen LogP contribution in [0.4, 0.5) is 9.18 Å². The number of H-pyrrole nitrogens is 1. The van der Waals surface area contributed by atoms with Gasteiger partial charge in [0.05, 0.1) is 11.2 Å². The fourth-order valence-corrected chi connectivity index (χ4v) is 4.21. The first-order chi connectivity index (χ1) is 15.7. The number of carbonyl (C=O) groups excluding carboxylic acids is 1. The van der Waals surface area contributed by atoms with Crippen molar-refractivity contribution in [2.45, 2.75) is 13.0 Å². The van der Waals surface area contributed by atoms with Crippen molar-refractivity contribution in [3.8, 4) is 11.3 Å². The van der Waals surface area contributed by atoms with Crippen LogP contribution in [0.1, 0.15) is 17.5 Å². The molecule has 1 aliphatic heterocycles. The van der Waals surface area contributed by atoms with Crippen LogP contribution in [-0.2, 0) is 11.3 Å². The molecule has 0 bridgehead atoms. The number of para-hydroxylation sites is 1. The molecule has 1 N–H and O–H groups in total. The highest BCUT2D eigenvalue weighted by Gasteiger charge is 2.24. The standard InChI is InChI=1S/C27H23FN2O2/c28-23-13-7-12-22-24(25(29-26(22)23)21-10-5-2-6-11-21)20-14-16-30(17-15-20)27(31)32-18-19-8-3-1-4-9-19/h1-14,29H,15-18H2. The van der Waals surface area contributed by atoms with Crippen molar-refractivity contribution in [1.82, 2.24) is 9.88 Å². The number of carbonyl (C=O) groups is 1. The molecule has 1 aromatic heterocycles. The molecular weight excluding hydrogens is 403 g/mol. The Hall–Kier alpha value is -3.86. The molecule has 160 valence electrons. The first-order valence-corrected chi connectivity index (χ1v) is 10.7. The molecule has 0 spiro atoms. The Kier molecular flexibility index (Phi) is 5.46. The van der Waals surface area contributed by atoms with Crippen molar-refractivity contribution < 1.29 is 13.9 Å². The van der Waals surface area contributed by atoms with Crippen LogP contribution in [0.25, 0.3) is 27.7 Å². The normalized spacial score (nSPS) is 13.8. The maximum atomic E-state index is 14.5. The first kappa shape index (κ1) is 20.1. The SMILES string of the molecule is O=C(OCc1ccccc1)N1CC=C(c2c(-c3ccccc3)[nH]c3c(F)cccc23)CC1. The first-order valence-electron chi connectivity index (χ1n) is 10.7. The van der Waals surface area contributed by atoms with Crippen LogP contribution in [0.2, 0.25) is 0 Å². The molecule has 5 rings (SSSR count). The van der Waals surface area contributed by atoms with E-state index in [2.05, 4.69) is 4.98 Å². The number of fused-ring (bicyclic) bond motifs is 1. The van der Waals surface area contributed by atoms with Gasteiger partial charge < -0.3 is 14.6 Å². The van der Waals surface area contributed by atoms with Crippen molar-refractivity contribution >= 4 is 22.6 Å². The zero-order chi connectivity index (χ0) is 21.9. The van der Waals surface area contributed by atoms with Crippen LogP contribution in [-0.4, -0.2) is 29.1 Å². The van der Waals surface area contributed by atoms with Crippen molar-refractivity contribution in [3.05, 3.63) is 102 Å². The Morgan fingerprint density at radius 1 is 0.969 bits per heavy atom. The topological polar surface area (TPSA) is 45.3 Å². The minimum absolute atomic E-state index is 0.257. The second-order valence-corrected chi connectivity index (χ2v) is 7.87. The zero-order valence-electron chi connectivity index (χ0n) is 17.6. The number of nitrogens with one attached hydrogen (secondary N) is 1. The summed E-state index contributed by atoms with van der Waals surface area (Å²) in [5.74, 6) is -0.270. The molecule has 0 fully saturated rings. The Balaban J connectivity index is 1.41. The van der Waals surface area contributed by atoms with E-state index in [9.17, 15) is 9.18 Å². The largest absolute Gasteiger partial charge is 0.445 e. The summed E-state index contributed by atoms with van der Waals surface area (Å²) in [6.45, 7) is 1.27. The Morgan fingerprint density at radius 2 is 1.72 bits per heavy atom. The molecule has 4 aromatic rings. The molecule has 32 heavy (non-hydrogen) atoms. The lowest BCUT2D eigenvalue weighted by atomic mass is 9.94. The summed E-state index contributed by atoms with van der Waals surface area (Å²) in [7, 11) is 0. The summed E-state index contributed by atoms with van der Waals surface area (Å²) >= 11 is 0. The third-order valence-electron chi connectivity index (χ3n) is 5.84. The lowest BCUT2D eigenvalue weighted by Crippen LogP contribution is -2.35. The van der Waals surface area contributed by atoms with Gasteiger partial charge in [-0.1, -0.05) is 78.9 Å². The Labute approximate surface area is 185 Å². The molecule has 0 saturated heterocycles. The smallest absolute Gasteiger partial charge is 0.410 e. The highest BCUT2D eigenvalue weighted by molar-refractivity contribution is 6.00. The van der Waals surface area contributed by atoms with Gasteiger partial charge in [0.1, 0.15) is 12.4 Å². The van der Waals surface area contributed by atoms with Gasteiger partial charge in [-0.3, -0.25) is 0 Å². The molecule has 0 aliphatic carbocycles. The van der Waals surface area contributed by atoms with Crippen LogP contribution >= 0.6 is 0 Å². The highest BCUT2D eigenvalue weighted by Crippen LogP contribution is 2.38. The highest BCUT2D eigenvalue weighted by atomic mass is 19.1. The van der Waals surface area contributed by atoms with Gasteiger partial charge in [-0.25, -0.2) is 9.18 Å². The van der Waals surface area contributed by atoms with Gasteiger partial charge in [0.25, 0.3) is 0 Å². The number of hydrogen-bond acceptors (Lipinski definition) is 2. The monoisotopic (exact) mass is 426 g/mol. The third kappa shape index (κ3) is 3.89. The van der Waals surface area contributed by atoms with Gasteiger partial charge >= 0.3 is 6.09 Å². The van der Waals surface area contributed by atoms with Gasteiger partial charge in [-0.15, -0.1) is 0 Å². The van der Waals surface area contributed by atoms with E-state index in [1.165, 1.54) is 6.07 Å². The summed E-state index contributed by atoms with van der Waals surface area (Å²) in [6.07, 6.45) is 2.40. The summed E-state index contributed by atoms with van der Waals surface area (Å²) in [5.41, 5.74) is 5.48. The number of hydrogen-bond donors (Lipinski definition) is 1. The minimum atomic E-state index is -0.322. The van der Waals surface area contributed by atoms with Crippen LogP contribution in [0.3, 0.4) is 0 Å². The van der Waals surface area contributed by atoms with Gasteiger partial charge in [0.2, 0.25) is 0 Å². The molecular formula is C27H23FN2O2. The molecule has 3 aromatic carbocycles. The average molecular weight is 426 g/mol. The maximum Gasteiger partial charge on any atom is 0.410 e. The van der Waals surface area contributed by atoms with E-state index in [1.54, 1.807) is 11.0 Å². The van der Waals surface area contributed by atoms with E-state index in [-0.39, 0.29) is 18.5 Å². The molecule has 0 saturated carbocycles. The molecule has 5 heteroatoms. The van der Waals surface area contributed by atoms with E-state index < -0.39 is 0 Å². The van der Waals surface area contributed by atoms with Crippen molar-refractivity contribution in [2.24, 2.45) is 0 Å². The number of benzene rings is 3. The van der Waals surface area contributed by atoms with E-state index in [0.29, 0.717) is 25.0 Å². The number of halogens is 1. The maximum absolute atomic E-state index is 14.5.